The van der Waals surface area contributed by atoms with Crippen molar-refractivity contribution < 1.29 is 54.8 Å². The summed E-state index contributed by atoms with van der Waals surface area (Å²) >= 11 is 0. The smallest absolute Gasteiger partial charge is 0.187 e. The van der Waals surface area contributed by atoms with Crippen LogP contribution < -0.4 is 0 Å². The van der Waals surface area contributed by atoms with Crippen LogP contribution in [0.4, 0.5) is 0 Å². The van der Waals surface area contributed by atoms with Gasteiger partial charge in [-0.3, -0.25) is 0 Å². The third kappa shape index (κ3) is 4.67. The largest absolute Gasteiger partial charge is 0.394 e. The van der Waals surface area contributed by atoms with Gasteiger partial charge >= 0.3 is 0 Å². The number of carbonyl (C=O) groups excluding carboxylic acids is 1. The number of aliphatic hydroxyl groups is 7. The molecule has 7 N–H and O–H groups in total. The molecule has 0 radical (unpaired) electrons. The van der Waals surface area contributed by atoms with Gasteiger partial charge in [-0.2, -0.15) is 0 Å². The van der Waals surface area contributed by atoms with Crippen LogP contribution in [0.3, 0.4) is 0 Å². The fourth-order valence-electron chi connectivity index (χ4n) is 2.35. The Kier molecular flexibility index (Phi) is 8.59. The summed E-state index contributed by atoms with van der Waals surface area (Å²) in [5.41, 5.74) is 0. The number of hydrogen-bond acceptors (Lipinski definition) is 11. The Labute approximate surface area is 137 Å². The molecule has 11 heteroatoms. The van der Waals surface area contributed by atoms with E-state index < -0.39 is 68.3 Å². The topological polar surface area (TPSA) is 186 Å². The second-order valence-corrected chi connectivity index (χ2v) is 5.37. The lowest BCUT2D eigenvalue weighted by Crippen LogP contribution is -2.62. The van der Waals surface area contributed by atoms with Crippen LogP contribution in [0, 0.1) is 0 Å². The number of aldehydes is 1. The van der Waals surface area contributed by atoms with Gasteiger partial charge in [0.25, 0.3) is 0 Å². The molecule has 1 heterocycles. The third-order valence-electron chi connectivity index (χ3n) is 3.78. The van der Waals surface area contributed by atoms with Crippen LogP contribution >= 0.6 is 0 Å². The van der Waals surface area contributed by atoms with Crippen molar-refractivity contribution in [1.82, 2.24) is 0 Å². The first-order valence-corrected chi connectivity index (χ1v) is 7.23. The van der Waals surface area contributed by atoms with Gasteiger partial charge in [0.15, 0.2) is 12.6 Å². The quantitative estimate of drug-likeness (QED) is 0.196. The number of aliphatic hydroxyl groups excluding tert-OH is 7. The molecule has 0 aromatic heterocycles. The molecule has 0 bridgehead atoms. The Morgan fingerprint density at radius 2 is 1.79 bits per heavy atom. The molecular formula is C13H24O11. The molecule has 24 heavy (non-hydrogen) atoms. The summed E-state index contributed by atoms with van der Waals surface area (Å²) in [7, 11) is 1.17. The Balaban J connectivity index is 2.98. The van der Waals surface area contributed by atoms with Crippen LogP contribution in [0.1, 0.15) is 0 Å². The molecule has 142 valence electrons. The van der Waals surface area contributed by atoms with E-state index in [1.165, 1.54) is 7.11 Å². The fraction of sp³-hybridized carbons (Fsp3) is 0.923. The van der Waals surface area contributed by atoms with E-state index in [9.17, 15) is 30.3 Å². The number of hydrogen-bond donors (Lipinski definition) is 7. The number of rotatable bonds is 9. The van der Waals surface area contributed by atoms with Gasteiger partial charge in [0.1, 0.15) is 48.8 Å². The molecule has 0 aliphatic carbocycles. The fourth-order valence-corrected chi connectivity index (χ4v) is 2.35. The summed E-state index contributed by atoms with van der Waals surface area (Å²) in [5.74, 6) is 0. The predicted molar refractivity (Wildman–Crippen MR) is 74.6 cm³/mol. The minimum atomic E-state index is -1.91. The number of methoxy groups -OCH3 is 1. The number of ether oxygens (including phenoxy) is 3. The molecule has 1 saturated heterocycles. The molecule has 0 aromatic rings. The average molecular weight is 356 g/mol. The summed E-state index contributed by atoms with van der Waals surface area (Å²) in [5, 5.41) is 67.0. The zero-order valence-corrected chi connectivity index (χ0v) is 13.0. The maximum Gasteiger partial charge on any atom is 0.187 e. The highest BCUT2D eigenvalue weighted by molar-refractivity contribution is 5.56. The second kappa shape index (κ2) is 9.68. The lowest BCUT2D eigenvalue weighted by atomic mass is 9.98. The average Bonchev–Trinajstić information content (AvgIpc) is 2.60. The molecule has 0 amide bonds. The lowest BCUT2D eigenvalue weighted by molar-refractivity contribution is -0.330. The molecule has 1 aliphatic rings. The van der Waals surface area contributed by atoms with Crippen LogP contribution in [-0.2, 0) is 19.0 Å². The Hall–Kier alpha value is -0.730. The monoisotopic (exact) mass is 356 g/mol. The third-order valence-corrected chi connectivity index (χ3v) is 3.78. The van der Waals surface area contributed by atoms with Crippen LogP contribution in [0.2, 0.25) is 0 Å². The molecule has 11 nitrogen and oxygen atoms in total. The summed E-state index contributed by atoms with van der Waals surface area (Å²) in [6.07, 6.45) is -14.2. The van der Waals surface area contributed by atoms with Crippen molar-refractivity contribution in [3.8, 4) is 0 Å². The standard InChI is InChI=1S/C13H24O11/c1-22-12-10(21)9(20)7(4-16)23-13(12)24-11(6(18)3-15)8(19)5(17)2-14/h2,5-13,15-21H,3-4H2,1H3. The van der Waals surface area contributed by atoms with E-state index >= 15 is 0 Å². The van der Waals surface area contributed by atoms with E-state index in [1.54, 1.807) is 0 Å². The van der Waals surface area contributed by atoms with E-state index in [1.807, 2.05) is 0 Å². The van der Waals surface area contributed by atoms with Gasteiger partial charge in [-0.1, -0.05) is 0 Å². The molecule has 0 saturated carbocycles. The SMILES string of the molecule is COC1C(OC(C(O)CO)C(O)C(O)C=O)OC(CO)C(O)C1O. The minimum absolute atomic E-state index is 0.00970. The van der Waals surface area contributed by atoms with Gasteiger partial charge in [-0.25, -0.2) is 0 Å². The highest BCUT2D eigenvalue weighted by atomic mass is 16.7. The number of carbonyl (C=O) groups is 1. The summed E-state index contributed by atoms with van der Waals surface area (Å²) in [6.45, 7) is -1.53. The van der Waals surface area contributed by atoms with Crippen LogP contribution in [0.15, 0.2) is 0 Å². The first-order valence-electron chi connectivity index (χ1n) is 7.23. The predicted octanol–water partition coefficient (Wildman–Crippen LogP) is -4.90. The highest BCUT2D eigenvalue weighted by Crippen LogP contribution is 2.26. The van der Waals surface area contributed by atoms with Crippen LogP contribution in [0.5, 0.6) is 0 Å². The van der Waals surface area contributed by atoms with Crippen molar-refractivity contribution in [3.63, 3.8) is 0 Å². The minimum Gasteiger partial charge on any atom is -0.394 e. The highest BCUT2D eigenvalue weighted by Gasteiger charge is 2.47. The van der Waals surface area contributed by atoms with Crippen molar-refractivity contribution in [3.05, 3.63) is 0 Å². The normalized spacial score (nSPS) is 35.9. The summed E-state index contributed by atoms with van der Waals surface area (Å²) in [6, 6.07) is 0. The lowest BCUT2D eigenvalue weighted by Gasteiger charge is -2.43. The van der Waals surface area contributed by atoms with Gasteiger partial charge in [-0.15, -0.1) is 0 Å². The Morgan fingerprint density at radius 3 is 2.25 bits per heavy atom. The molecule has 9 atom stereocenters. The molecule has 0 spiro atoms. The van der Waals surface area contributed by atoms with E-state index in [0.29, 0.717) is 0 Å². The van der Waals surface area contributed by atoms with Crippen molar-refractivity contribution in [2.45, 2.75) is 55.1 Å². The zero-order chi connectivity index (χ0) is 18.4. The Morgan fingerprint density at radius 1 is 1.17 bits per heavy atom. The van der Waals surface area contributed by atoms with Crippen LogP contribution in [-0.4, -0.2) is 117 Å². The van der Waals surface area contributed by atoms with E-state index in [2.05, 4.69) is 0 Å². The molecule has 1 rings (SSSR count). The van der Waals surface area contributed by atoms with Gasteiger partial charge in [0.05, 0.1) is 13.2 Å². The van der Waals surface area contributed by atoms with E-state index in [-0.39, 0.29) is 6.29 Å². The maximum atomic E-state index is 10.6. The van der Waals surface area contributed by atoms with Crippen molar-refractivity contribution in [2.24, 2.45) is 0 Å². The van der Waals surface area contributed by atoms with Gasteiger partial charge in [-0.05, 0) is 0 Å². The Bertz CT molecular complexity index is 381. The van der Waals surface area contributed by atoms with Gasteiger partial charge in [0.2, 0.25) is 0 Å². The van der Waals surface area contributed by atoms with Crippen molar-refractivity contribution in [1.29, 1.82) is 0 Å². The first kappa shape index (κ1) is 21.3. The molecule has 1 aliphatic heterocycles. The first-order chi connectivity index (χ1) is 11.3. The molecule has 1 fully saturated rings. The van der Waals surface area contributed by atoms with Gasteiger partial charge < -0.3 is 54.8 Å². The van der Waals surface area contributed by atoms with Gasteiger partial charge in [0, 0.05) is 7.11 Å². The summed E-state index contributed by atoms with van der Waals surface area (Å²) in [4.78, 5) is 10.6. The molecular weight excluding hydrogens is 332 g/mol. The second-order valence-electron chi connectivity index (χ2n) is 5.37. The van der Waals surface area contributed by atoms with Crippen molar-refractivity contribution >= 4 is 6.29 Å². The van der Waals surface area contributed by atoms with E-state index in [4.69, 9.17) is 24.4 Å². The zero-order valence-electron chi connectivity index (χ0n) is 13.0. The van der Waals surface area contributed by atoms with Crippen LogP contribution in [0.25, 0.3) is 0 Å². The molecule has 9 unspecified atom stereocenters. The maximum absolute atomic E-state index is 10.6. The van der Waals surface area contributed by atoms with Crippen molar-refractivity contribution in [2.75, 3.05) is 20.3 Å². The van der Waals surface area contributed by atoms with E-state index in [0.717, 1.165) is 0 Å². The summed E-state index contributed by atoms with van der Waals surface area (Å²) < 4.78 is 15.5. The molecule has 0 aromatic carbocycles.